The average Bonchev–Trinajstić information content (AvgIpc) is 2.38. The number of unbranched alkanes of at least 4 members (excludes halogenated alkanes) is 3. The summed E-state index contributed by atoms with van der Waals surface area (Å²) in [6.45, 7) is 4.41. The van der Waals surface area contributed by atoms with Gasteiger partial charge >= 0.3 is 5.97 Å². The minimum Gasteiger partial charge on any atom is -0.467 e. The summed E-state index contributed by atoms with van der Waals surface area (Å²) < 4.78 is 9.67. The van der Waals surface area contributed by atoms with Crippen LogP contribution >= 0.6 is 0 Å². The second-order valence-corrected chi connectivity index (χ2v) is 4.13. The monoisotopic (exact) mass is 259 g/mol. The Balaban J connectivity index is 4.06. The molecule has 1 N–H and O–H groups in total. The first-order valence-electron chi connectivity index (χ1n) is 6.60. The fourth-order valence-corrected chi connectivity index (χ4v) is 1.60. The van der Waals surface area contributed by atoms with E-state index in [-0.39, 0.29) is 12.5 Å². The maximum Gasteiger partial charge on any atom is 0.328 e. The highest BCUT2D eigenvalue weighted by Crippen LogP contribution is 2.06. The molecule has 0 unspecified atom stereocenters. The van der Waals surface area contributed by atoms with Crippen molar-refractivity contribution in [1.29, 1.82) is 0 Å². The predicted molar refractivity (Wildman–Crippen MR) is 69.2 cm³/mol. The molecule has 0 aromatic rings. The first-order valence-corrected chi connectivity index (χ1v) is 6.60. The Morgan fingerprint density at radius 3 is 2.44 bits per heavy atom. The first kappa shape index (κ1) is 16.9. The lowest BCUT2D eigenvalue weighted by Gasteiger charge is -2.16. The second kappa shape index (κ2) is 11.0. The third-order valence-electron chi connectivity index (χ3n) is 2.60. The fourth-order valence-electron chi connectivity index (χ4n) is 1.60. The molecule has 5 nitrogen and oxygen atoms in total. The van der Waals surface area contributed by atoms with Crippen molar-refractivity contribution in [3.05, 3.63) is 0 Å². The van der Waals surface area contributed by atoms with Gasteiger partial charge in [-0.2, -0.15) is 0 Å². The van der Waals surface area contributed by atoms with Crippen LogP contribution in [0, 0.1) is 0 Å². The van der Waals surface area contributed by atoms with E-state index in [1.807, 2.05) is 6.92 Å². The molecule has 18 heavy (non-hydrogen) atoms. The van der Waals surface area contributed by atoms with Crippen LogP contribution in [-0.4, -0.2) is 38.2 Å². The van der Waals surface area contributed by atoms with E-state index < -0.39 is 12.0 Å². The molecule has 1 atom stereocenters. The molecule has 0 aliphatic carbocycles. The topological polar surface area (TPSA) is 64.6 Å². The Labute approximate surface area is 109 Å². The number of hydrogen-bond acceptors (Lipinski definition) is 4. The van der Waals surface area contributed by atoms with Crippen LogP contribution in [-0.2, 0) is 19.1 Å². The molecule has 0 saturated heterocycles. The molecule has 0 aromatic heterocycles. The van der Waals surface area contributed by atoms with Crippen molar-refractivity contribution in [3.8, 4) is 0 Å². The number of rotatable bonds is 10. The van der Waals surface area contributed by atoms with Gasteiger partial charge in [0.2, 0.25) is 5.91 Å². The zero-order valence-electron chi connectivity index (χ0n) is 11.7. The highest BCUT2D eigenvalue weighted by molar-refractivity contribution is 5.84. The molecule has 106 valence electrons. The summed E-state index contributed by atoms with van der Waals surface area (Å²) in [6.07, 6.45) is 4.86. The Bertz CT molecular complexity index is 243. The van der Waals surface area contributed by atoms with E-state index in [2.05, 4.69) is 17.0 Å². The lowest BCUT2D eigenvalue weighted by atomic mass is 10.1. The average molecular weight is 259 g/mol. The highest BCUT2D eigenvalue weighted by atomic mass is 16.5. The number of amides is 1. The molecule has 0 fully saturated rings. The lowest BCUT2D eigenvalue weighted by Crippen LogP contribution is -2.43. The largest absolute Gasteiger partial charge is 0.467 e. The molecule has 5 heteroatoms. The van der Waals surface area contributed by atoms with Crippen LogP contribution in [0.5, 0.6) is 0 Å². The Hall–Kier alpha value is -1.10. The van der Waals surface area contributed by atoms with E-state index >= 15 is 0 Å². The van der Waals surface area contributed by atoms with Gasteiger partial charge in [0.05, 0.1) is 7.11 Å². The molecule has 0 aliphatic rings. The fraction of sp³-hybridized carbons (Fsp3) is 0.846. The van der Waals surface area contributed by atoms with Crippen LogP contribution in [0.25, 0.3) is 0 Å². The number of methoxy groups -OCH3 is 1. The minimum absolute atomic E-state index is 0.0149. The maximum absolute atomic E-state index is 11.5. The number of carbonyl (C=O) groups excluding carboxylic acids is 2. The van der Waals surface area contributed by atoms with Crippen LogP contribution < -0.4 is 5.32 Å². The number of hydrogen-bond donors (Lipinski definition) is 1. The Morgan fingerprint density at radius 1 is 1.17 bits per heavy atom. The van der Waals surface area contributed by atoms with Gasteiger partial charge in [0.1, 0.15) is 12.6 Å². The summed E-state index contributed by atoms with van der Waals surface area (Å²) >= 11 is 0. The molecular weight excluding hydrogens is 234 g/mol. The van der Waals surface area contributed by atoms with Gasteiger partial charge in [-0.1, -0.05) is 32.6 Å². The standard InChI is InChI=1S/C13H25NO4/c1-4-6-7-8-9-11(13(16)17-3)14-12(15)10-18-5-2/h11H,4-10H2,1-3H3,(H,14,15)/t11-/m0/s1. The maximum atomic E-state index is 11.5. The van der Waals surface area contributed by atoms with Gasteiger partial charge in [-0.15, -0.1) is 0 Å². The van der Waals surface area contributed by atoms with Crippen LogP contribution in [0.15, 0.2) is 0 Å². The van der Waals surface area contributed by atoms with E-state index in [1.54, 1.807) is 0 Å². The van der Waals surface area contributed by atoms with Gasteiger partial charge in [-0.25, -0.2) is 4.79 Å². The SMILES string of the molecule is CCCCCC[C@H](NC(=O)COCC)C(=O)OC. The van der Waals surface area contributed by atoms with Crippen molar-refractivity contribution >= 4 is 11.9 Å². The normalized spacial score (nSPS) is 11.9. The zero-order chi connectivity index (χ0) is 13.8. The van der Waals surface area contributed by atoms with Gasteiger partial charge in [0.15, 0.2) is 0 Å². The van der Waals surface area contributed by atoms with E-state index in [1.165, 1.54) is 7.11 Å². The van der Waals surface area contributed by atoms with Gasteiger partial charge in [-0.05, 0) is 13.3 Å². The zero-order valence-corrected chi connectivity index (χ0v) is 11.7. The smallest absolute Gasteiger partial charge is 0.328 e. The van der Waals surface area contributed by atoms with Crippen molar-refractivity contribution < 1.29 is 19.1 Å². The predicted octanol–water partition coefficient (Wildman–Crippen LogP) is 1.65. The van der Waals surface area contributed by atoms with Gasteiger partial charge in [0.25, 0.3) is 0 Å². The van der Waals surface area contributed by atoms with Crippen LogP contribution in [0.1, 0.15) is 46.0 Å². The summed E-state index contributed by atoms with van der Waals surface area (Å²) in [5.74, 6) is -0.668. The summed E-state index contributed by atoms with van der Waals surface area (Å²) in [4.78, 5) is 23.0. The summed E-state index contributed by atoms with van der Waals surface area (Å²) in [7, 11) is 1.33. The van der Waals surface area contributed by atoms with E-state index in [4.69, 9.17) is 4.74 Å². The molecule has 0 heterocycles. The number of carbonyl (C=O) groups is 2. The van der Waals surface area contributed by atoms with Gasteiger partial charge in [0, 0.05) is 6.61 Å². The first-order chi connectivity index (χ1) is 8.65. The van der Waals surface area contributed by atoms with Crippen molar-refractivity contribution in [2.75, 3.05) is 20.3 Å². The van der Waals surface area contributed by atoms with E-state index in [0.717, 1.165) is 25.7 Å². The molecule has 0 rings (SSSR count). The van der Waals surface area contributed by atoms with Crippen molar-refractivity contribution in [2.45, 2.75) is 52.0 Å². The molecule has 0 radical (unpaired) electrons. The molecule has 1 amide bonds. The second-order valence-electron chi connectivity index (χ2n) is 4.13. The van der Waals surface area contributed by atoms with Crippen molar-refractivity contribution in [2.24, 2.45) is 0 Å². The third kappa shape index (κ3) is 8.06. The Morgan fingerprint density at radius 2 is 1.89 bits per heavy atom. The number of esters is 1. The van der Waals surface area contributed by atoms with Gasteiger partial charge in [-0.3, -0.25) is 4.79 Å². The number of ether oxygens (including phenoxy) is 2. The molecule has 0 aliphatic heterocycles. The number of nitrogens with one attached hydrogen (secondary N) is 1. The summed E-state index contributed by atoms with van der Waals surface area (Å²) in [6, 6.07) is -0.556. The molecule has 0 saturated carbocycles. The molecule has 0 aromatic carbocycles. The molecule has 0 bridgehead atoms. The highest BCUT2D eigenvalue weighted by Gasteiger charge is 2.20. The Kier molecular flexibility index (Phi) is 10.3. The van der Waals surface area contributed by atoms with Gasteiger partial charge < -0.3 is 14.8 Å². The summed E-state index contributed by atoms with van der Waals surface area (Å²) in [5, 5.41) is 2.64. The molecular formula is C13H25NO4. The minimum atomic E-state index is -0.556. The van der Waals surface area contributed by atoms with Crippen LogP contribution in [0.3, 0.4) is 0 Å². The quantitative estimate of drug-likeness (QED) is 0.478. The lowest BCUT2D eigenvalue weighted by molar-refractivity contribution is -0.145. The summed E-state index contributed by atoms with van der Waals surface area (Å²) in [5.41, 5.74) is 0. The molecule has 0 spiro atoms. The van der Waals surface area contributed by atoms with Crippen LogP contribution in [0.4, 0.5) is 0 Å². The van der Waals surface area contributed by atoms with E-state index in [0.29, 0.717) is 13.0 Å². The third-order valence-corrected chi connectivity index (χ3v) is 2.60. The van der Waals surface area contributed by atoms with Crippen molar-refractivity contribution in [3.63, 3.8) is 0 Å². The van der Waals surface area contributed by atoms with E-state index in [9.17, 15) is 9.59 Å². The van der Waals surface area contributed by atoms with Crippen LogP contribution in [0.2, 0.25) is 0 Å². The van der Waals surface area contributed by atoms with Crippen molar-refractivity contribution in [1.82, 2.24) is 5.32 Å².